The Labute approximate surface area is 106 Å². The Morgan fingerprint density at radius 3 is 2.12 bits per heavy atom. The average Bonchev–Trinajstić information content (AvgIpc) is 2.12. The summed E-state index contributed by atoms with van der Waals surface area (Å²) in [5.41, 5.74) is 0.317. The van der Waals surface area contributed by atoms with Crippen molar-refractivity contribution in [2.75, 3.05) is 19.7 Å². The molecule has 1 saturated heterocycles. The van der Waals surface area contributed by atoms with Crippen LogP contribution in [-0.4, -0.2) is 46.9 Å². The molecule has 1 rings (SSSR count). The maximum absolute atomic E-state index is 9.98. The number of β-amino-alcohol motifs (C(OH)–C–C–N with tert-alkyl or cyclic N) is 1. The van der Waals surface area contributed by atoms with E-state index in [0.717, 1.165) is 6.54 Å². The Morgan fingerprint density at radius 2 is 1.76 bits per heavy atom. The molecule has 0 bridgehead atoms. The maximum Gasteiger partial charge on any atom is 0.0900 e. The normalized spacial score (nSPS) is 25.4. The fourth-order valence-electron chi connectivity index (χ4n) is 2.15. The van der Waals surface area contributed by atoms with Gasteiger partial charge in [-0.2, -0.15) is 0 Å². The zero-order valence-corrected chi connectivity index (χ0v) is 12.5. The predicted molar refractivity (Wildman–Crippen MR) is 71.1 cm³/mol. The predicted octanol–water partition coefficient (Wildman–Crippen LogP) is 2.28. The van der Waals surface area contributed by atoms with E-state index < -0.39 is 6.10 Å². The summed E-state index contributed by atoms with van der Waals surface area (Å²) in [5, 5.41) is 9.98. The largest absolute Gasteiger partial charge is 0.389 e. The minimum atomic E-state index is -0.399. The van der Waals surface area contributed by atoms with Crippen LogP contribution in [-0.2, 0) is 4.74 Å². The van der Waals surface area contributed by atoms with Crippen LogP contribution in [0.4, 0.5) is 0 Å². The van der Waals surface area contributed by atoms with Crippen molar-refractivity contribution in [1.82, 2.24) is 4.90 Å². The van der Waals surface area contributed by atoms with Crippen LogP contribution in [0, 0.1) is 5.41 Å². The molecule has 0 amide bonds. The smallest absolute Gasteiger partial charge is 0.0900 e. The van der Waals surface area contributed by atoms with Gasteiger partial charge < -0.3 is 9.84 Å². The fraction of sp³-hybridized carbons (Fsp3) is 1.00. The summed E-state index contributed by atoms with van der Waals surface area (Å²) < 4.78 is 5.60. The Balaban J connectivity index is 2.37. The van der Waals surface area contributed by atoms with Crippen molar-refractivity contribution in [2.24, 2.45) is 5.41 Å². The first-order chi connectivity index (χ1) is 7.46. The van der Waals surface area contributed by atoms with Crippen molar-refractivity contribution >= 4 is 0 Å². The highest BCUT2D eigenvalue weighted by Crippen LogP contribution is 2.46. The van der Waals surface area contributed by atoms with E-state index in [1.165, 1.54) is 0 Å². The van der Waals surface area contributed by atoms with Crippen molar-refractivity contribution in [3.05, 3.63) is 0 Å². The molecule has 1 aliphatic rings. The van der Waals surface area contributed by atoms with E-state index in [1.807, 2.05) is 20.8 Å². The third kappa shape index (κ3) is 3.43. The van der Waals surface area contributed by atoms with Gasteiger partial charge in [0.25, 0.3) is 0 Å². The van der Waals surface area contributed by atoms with Gasteiger partial charge in [0.1, 0.15) is 0 Å². The van der Waals surface area contributed by atoms with E-state index in [0.29, 0.717) is 18.6 Å². The molecule has 0 aromatic rings. The molecule has 1 fully saturated rings. The lowest BCUT2D eigenvalue weighted by Gasteiger charge is -2.62. The average molecular weight is 243 g/mol. The van der Waals surface area contributed by atoms with Crippen molar-refractivity contribution < 1.29 is 9.84 Å². The molecule has 1 atom stereocenters. The molecule has 1 unspecified atom stereocenters. The molecule has 0 radical (unpaired) electrons. The van der Waals surface area contributed by atoms with Crippen LogP contribution in [0.3, 0.4) is 0 Å². The third-order valence-corrected chi connectivity index (χ3v) is 4.17. The van der Waals surface area contributed by atoms with Crippen LogP contribution in [0.5, 0.6) is 0 Å². The minimum absolute atomic E-state index is 0.162. The number of rotatable bonds is 4. The highest BCUT2D eigenvalue weighted by molar-refractivity contribution is 5.06. The van der Waals surface area contributed by atoms with E-state index in [4.69, 9.17) is 4.74 Å². The molecule has 0 aromatic heterocycles. The first-order valence-electron chi connectivity index (χ1n) is 6.53. The van der Waals surface area contributed by atoms with E-state index in [-0.39, 0.29) is 11.1 Å². The first kappa shape index (κ1) is 14.9. The van der Waals surface area contributed by atoms with Gasteiger partial charge in [-0.3, -0.25) is 4.90 Å². The monoisotopic (exact) mass is 243 g/mol. The second-order valence-corrected chi connectivity index (χ2v) is 7.40. The number of likely N-dealkylation sites (tertiary alicyclic amines) is 1. The standard InChI is InChI=1S/C14H29NO2/c1-12(2,3)17-9-11(16)8-15-10-13(4,5)14(15,6)7/h11,16H,8-10H2,1-7H3. The number of hydrogen-bond donors (Lipinski definition) is 1. The second kappa shape index (κ2) is 4.52. The Morgan fingerprint density at radius 1 is 1.24 bits per heavy atom. The SMILES string of the molecule is CC(C)(C)OCC(O)CN1CC(C)(C)C1(C)C. The van der Waals surface area contributed by atoms with E-state index in [2.05, 4.69) is 32.6 Å². The van der Waals surface area contributed by atoms with E-state index in [9.17, 15) is 5.11 Å². The molecule has 3 heteroatoms. The lowest BCUT2D eigenvalue weighted by Crippen LogP contribution is -2.70. The molecule has 0 saturated carbocycles. The minimum Gasteiger partial charge on any atom is -0.389 e. The summed E-state index contributed by atoms with van der Waals surface area (Å²) in [5.74, 6) is 0. The van der Waals surface area contributed by atoms with Gasteiger partial charge in [-0.1, -0.05) is 13.8 Å². The number of ether oxygens (including phenoxy) is 1. The van der Waals surface area contributed by atoms with Gasteiger partial charge in [-0.05, 0) is 40.0 Å². The molecule has 0 aliphatic carbocycles. The van der Waals surface area contributed by atoms with Gasteiger partial charge in [0.2, 0.25) is 0 Å². The number of hydrogen-bond acceptors (Lipinski definition) is 3. The topological polar surface area (TPSA) is 32.7 Å². The molecular weight excluding hydrogens is 214 g/mol. The molecule has 0 spiro atoms. The van der Waals surface area contributed by atoms with Crippen LogP contribution < -0.4 is 0 Å². The van der Waals surface area contributed by atoms with Crippen LogP contribution in [0.1, 0.15) is 48.5 Å². The first-order valence-corrected chi connectivity index (χ1v) is 6.53. The molecule has 17 heavy (non-hydrogen) atoms. The van der Waals surface area contributed by atoms with Gasteiger partial charge in [-0.15, -0.1) is 0 Å². The molecule has 1 heterocycles. The molecule has 3 nitrogen and oxygen atoms in total. The molecule has 1 aliphatic heterocycles. The van der Waals surface area contributed by atoms with E-state index >= 15 is 0 Å². The van der Waals surface area contributed by atoms with Crippen LogP contribution in [0.15, 0.2) is 0 Å². The molecule has 0 aromatic carbocycles. The van der Waals surface area contributed by atoms with Crippen molar-refractivity contribution in [3.8, 4) is 0 Å². The van der Waals surface area contributed by atoms with Crippen molar-refractivity contribution in [3.63, 3.8) is 0 Å². The lowest BCUT2D eigenvalue weighted by atomic mass is 9.65. The molecule has 1 N–H and O–H groups in total. The summed E-state index contributed by atoms with van der Waals surface area (Å²) >= 11 is 0. The summed E-state index contributed by atoms with van der Waals surface area (Å²) in [6.45, 7) is 17.2. The third-order valence-electron chi connectivity index (χ3n) is 4.17. The molecular formula is C14H29NO2. The maximum atomic E-state index is 9.98. The van der Waals surface area contributed by atoms with Crippen molar-refractivity contribution in [1.29, 1.82) is 0 Å². The van der Waals surface area contributed by atoms with Crippen LogP contribution >= 0.6 is 0 Å². The lowest BCUT2D eigenvalue weighted by molar-refractivity contribution is -0.142. The van der Waals surface area contributed by atoms with Gasteiger partial charge in [0.15, 0.2) is 0 Å². The van der Waals surface area contributed by atoms with Gasteiger partial charge >= 0.3 is 0 Å². The van der Waals surface area contributed by atoms with Gasteiger partial charge in [0, 0.05) is 18.6 Å². The van der Waals surface area contributed by atoms with Crippen LogP contribution in [0.25, 0.3) is 0 Å². The highest BCUT2D eigenvalue weighted by atomic mass is 16.5. The quantitative estimate of drug-likeness (QED) is 0.822. The Hall–Kier alpha value is -0.120. The van der Waals surface area contributed by atoms with E-state index in [1.54, 1.807) is 0 Å². The second-order valence-electron chi connectivity index (χ2n) is 7.40. The van der Waals surface area contributed by atoms with Gasteiger partial charge in [-0.25, -0.2) is 0 Å². The zero-order chi connectivity index (χ0) is 13.5. The summed E-state index contributed by atoms with van der Waals surface area (Å²) in [6.07, 6.45) is -0.399. The Bertz CT molecular complexity index is 266. The molecule has 102 valence electrons. The summed E-state index contributed by atoms with van der Waals surface area (Å²) in [4.78, 5) is 2.34. The fourth-order valence-corrected chi connectivity index (χ4v) is 2.15. The number of aliphatic hydroxyl groups excluding tert-OH is 1. The number of aliphatic hydroxyl groups is 1. The summed E-state index contributed by atoms with van der Waals surface area (Å²) in [7, 11) is 0. The van der Waals surface area contributed by atoms with Gasteiger partial charge in [0.05, 0.1) is 18.3 Å². The Kier molecular flexibility index (Phi) is 3.98. The number of nitrogens with zero attached hydrogens (tertiary/aromatic N) is 1. The van der Waals surface area contributed by atoms with Crippen LogP contribution in [0.2, 0.25) is 0 Å². The highest BCUT2D eigenvalue weighted by Gasteiger charge is 2.52. The van der Waals surface area contributed by atoms with Crippen molar-refractivity contribution in [2.45, 2.75) is 65.7 Å². The zero-order valence-electron chi connectivity index (χ0n) is 12.5. The summed E-state index contributed by atoms with van der Waals surface area (Å²) in [6, 6.07) is 0.